The molecule has 2 heterocycles. The Morgan fingerprint density at radius 3 is 2.68 bits per heavy atom. The van der Waals surface area contributed by atoms with Crippen molar-refractivity contribution in [1.29, 1.82) is 0 Å². The smallest absolute Gasteiger partial charge is 0.244 e. The van der Waals surface area contributed by atoms with E-state index in [0.29, 0.717) is 11.9 Å². The SMILES string of the molecule is CC1NC2(CCCC2)C(=O)N1CC1CCCCN1C. The van der Waals surface area contributed by atoms with E-state index in [-0.39, 0.29) is 11.7 Å². The van der Waals surface area contributed by atoms with Crippen molar-refractivity contribution in [1.82, 2.24) is 15.1 Å². The van der Waals surface area contributed by atoms with Crippen LogP contribution in [0.1, 0.15) is 51.9 Å². The van der Waals surface area contributed by atoms with Gasteiger partial charge in [-0.1, -0.05) is 19.3 Å². The van der Waals surface area contributed by atoms with Gasteiger partial charge in [0.05, 0.1) is 11.7 Å². The third-order valence-electron chi connectivity index (χ3n) is 5.41. The maximum absolute atomic E-state index is 12.8. The first-order valence-corrected chi connectivity index (χ1v) is 7.91. The fourth-order valence-electron chi connectivity index (χ4n) is 4.17. The lowest BCUT2D eigenvalue weighted by Gasteiger charge is -2.36. The molecule has 4 heteroatoms. The molecule has 0 aromatic heterocycles. The number of likely N-dealkylation sites (N-methyl/N-ethyl adjacent to an activating group) is 1. The molecule has 19 heavy (non-hydrogen) atoms. The molecule has 3 aliphatic rings. The van der Waals surface area contributed by atoms with Crippen molar-refractivity contribution in [3.05, 3.63) is 0 Å². The van der Waals surface area contributed by atoms with Gasteiger partial charge in [0, 0.05) is 12.6 Å². The minimum atomic E-state index is -0.202. The fourth-order valence-corrected chi connectivity index (χ4v) is 4.17. The Bertz CT molecular complexity index is 351. The van der Waals surface area contributed by atoms with Gasteiger partial charge < -0.3 is 9.80 Å². The van der Waals surface area contributed by atoms with Gasteiger partial charge in [-0.2, -0.15) is 0 Å². The zero-order valence-corrected chi connectivity index (χ0v) is 12.3. The number of carbonyl (C=O) groups is 1. The average Bonchev–Trinajstić information content (AvgIpc) is 2.94. The van der Waals surface area contributed by atoms with Crippen LogP contribution in [0.5, 0.6) is 0 Å². The number of nitrogens with zero attached hydrogens (tertiary/aromatic N) is 2. The molecule has 2 unspecified atom stereocenters. The molecule has 1 aliphatic carbocycles. The zero-order valence-electron chi connectivity index (χ0n) is 12.3. The third-order valence-corrected chi connectivity index (χ3v) is 5.41. The normalized spacial score (nSPS) is 35.5. The summed E-state index contributed by atoms with van der Waals surface area (Å²) < 4.78 is 0. The molecule has 0 bridgehead atoms. The molecular formula is C15H27N3O. The molecule has 2 saturated heterocycles. The van der Waals surface area contributed by atoms with Gasteiger partial charge in [-0.3, -0.25) is 10.1 Å². The molecule has 1 N–H and O–H groups in total. The predicted molar refractivity (Wildman–Crippen MR) is 75.8 cm³/mol. The summed E-state index contributed by atoms with van der Waals surface area (Å²) in [5.74, 6) is 0.372. The summed E-state index contributed by atoms with van der Waals surface area (Å²) in [6, 6.07) is 0.554. The van der Waals surface area contributed by atoms with Crippen LogP contribution in [-0.4, -0.2) is 53.6 Å². The lowest BCUT2D eigenvalue weighted by molar-refractivity contribution is -0.133. The third kappa shape index (κ3) is 2.29. The van der Waals surface area contributed by atoms with Gasteiger partial charge in [-0.05, 0) is 46.2 Å². The maximum atomic E-state index is 12.8. The Kier molecular flexibility index (Phi) is 3.56. The van der Waals surface area contributed by atoms with Crippen molar-refractivity contribution in [2.24, 2.45) is 0 Å². The van der Waals surface area contributed by atoms with Crippen LogP contribution in [0.2, 0.25) is 0 Å². The Hall–Kier alpha value is -0.610. The van der Waals surface area contributed by atoms with Crippen molar-refractivity contribution in [3.63, 3.8) is 0 Å². The van der Waals surface area contributed by atoms with E-state index in [2.05, 4.69) is 29.1 Å². The number of rotatable bonds is 2. The maximum Gasteiger partial charge on any atom is 0.244 e. The Labute approximate surface area is 116 Å². The van der Waals surface area contributed by atoms with E-state index in [1.807, 2.05) is 0 Å². The minimum Gasteiger partial charge on any atom is -0.324 e. The molecule has 2 atom stereocenters. The topological polar surface area (TPSA) is 35.6 Å². The van der Waals surface area contributed by atoms with E-state index in [9.17, 15) is 4.79 Å². The first-order chi connectivity index (χ1) is 9.12. The molecule has 3 fully saturated rings. The molecule has 108 valence electrons. The van der Waals surface area contributed by atoms with Crippen LogP contribution >= 0.6 is 0 Å². The standard InChI is InChI=1S/C15H27N3O/c1-12-16-15(8-4-5-9-15)14(19)18(12)11-13-7-3-6-10-17(13)2/h12-13,16H,3-11H2,1-2H3. The van der Waals surface area contributed by atoms with Crippen LogP contribution < -0.4 is 5.32 Å². The van der Waals surface area contributed by atoms with Gasteiger partial charge in [0.15, 0.2) is 0 Å². The number of hydrogen-bond donors (Lipinski definition) is 1. The molecule has 1 saturated carbocycles. The van der Waals surface area contributed by atoms with Crippen LogP contribution in [0.15, 0.2) is 0 Å². The van der Waals surface area contributed by atoms with Crippen molar-refractivity contribution in [3.8, 4) is 0 Å². The van der Waals surface area contributed by atoms with Crippen LogP contribution in [0.25, 0.3) is 0 Å². The second-order valence-electron chi connectivity index (χ2n) is 6.70. The second kappa shape index (κ2) is 5.06. The van der Waals surface area contributed by atoms with Crippen LogP contribution in [0.4, 0.5) is 0 Å². The van der Waals surface area contributed by atoms with Gasteiger partial charge in [-0.25, -0.2) is 0 Å². The molecule has 2 aliphatic heterocycles. The Morgan fingerprint density at radius 1 is 1.26 bits per heavy atom. The minimum absolute atomic E-state index is 0.202. The van der Waals surface area contributed by atoms with E-state index in [4.69, 9.17) is 0 Å². The van der Waals surface area contributed by atoms with Gasteiger partial charge >= 0.3 is 0 Å². The largest absolute Gasteiger partial charge is 0.324 e. The van der Waals surface area contributed by atoms with Crippen LogP contribution in [0, 0.1) is 0 Å². The van der Waals surface area contributed by atoms with E-state index in [1.54, 1.807) is 0 Å². The van der Waals surface area contributed by atoms with Crippen LogP contribution in [0.3, 0.4) is 0 Å². The summed E-state index contributed by atoms with van der Waals surface area (Å²) >= 11 is 0. The quantitative estimate of drug-likeness (QED) is 0.823. The highest BCUT2D eigenvalue weighted by Gasteiger charge is 2.51. The summed E-state index contributed by atoms with van der Waals surface area (Å²) in [6.45, 7) is 4.23. The average molecular weight is 265 g/mol. The van der Waals surface area contributed by atoms with Gasteiger partial charge in [0.25, 0.3) is 0 Å². The van der Waals surface area contributed by atoms with E-state index < -0.39 is 0 Å². The second-order valence-corrected chi connectivity index (χ2v) is 6.70. The molecular weight excluding hydrogens is 238 g/mol. The van der Waals surface area contributed by atoms with Gasteiger partial charge in [-0.15, -0.1) is 0 Å². The Balaban J connectivity index is 1.69. The fraction of sp³-hybridized carbons (Fsp3) is 0.933. The lowest BCUT2D eigenvalue weighted by Crippen LogP contribution is -2.48. The summed E-state index contributed by atoms with van der Waals surface area (Å²) in [4.78, 5) is 17.3. The van der Waals surface area contributed by atoms with Gasteiger partial charge in [0.2, 0.25) is 5.91 Å². The zero-order chi connectivity index (χ0) is 13.5. The number of carbonyl (C=O) groups excluding carboxylic acids is 1. The summed E-state index contributed by atoms with van der Waals surface area (Å²) in [5, 5.41) is 3.59. The van der Waals surface area contributed by atoms with Crippen LogP contribution in [-0.2, 0) is 4.79 Å². The van der Waals surface area contributed by atoms with Crippen molar-refractivity contribution >= 4 is 5.91 Å². The summed E-state index contributed by atoms with van der Waals surface area (Å²) in [5.41, 5.74) is -0.202. The first-order valence-electron chi connectivity index (χ1n) is 7.91. The van der Waals surface area contributed by atoms with E-state index in [1.165, 1.54) is 38.6 Å². The highest BCUT2D eigenvalue weighted by Crippen LogP contribution is 2.36. The number of nitrogens with one attached hydrogen (secondary N) is 1. The molecule has 4 nitrogen and oxygen atoms in total. The Morgan fingerprint density at radius 2 is 2.00 bits per heavy atom. The number of amides is 1. The highest BCUT2D eigenvalue weighted by atomic mass is 16.2. The predicted octanol–water partition coefficient (Wildman–Crippen LogP) is 1.56. The molecule has 0 aromatic carbocycles. The monoisotopic (exact) mass is 265 g/mol. The van der Waals surface area contributed by atoms with E-state index >= 15 is 0 Å². The molecule has 0 aromatic rings. The molecule has 1 spiro atoms. The summed E-state index contributed by atoms with van der Waals surface area (Å²) in [6.07, 6.45) is 8.52. The van der Waals surface area contributed by atoms with Gasteiger partial charge in [0.1, 0.15) is 0 Å². The molecule has 0 radical (unpaired) electrons. The van der Waals surface area contributed by atoms with E-state index in [0.717, 1.165) is 19.4 Å². The number of likely N-dealkylation sites (tertiary alicyclic amines) is 1. The molecule has 3 rings (SSSR count). The summed E-state index contributed by atoms with van der Waals surface area (Å²) in [7, 11) is 2.20. The first kappa shape index (κ1) is 13.4. The van der Waals surface area contributed by atoms with Crippen molar-refractivity contribution in [2.75, 3.05) is 20.1 Å². The highest BCUT2D eigenvalue weighted by molar-refractivity contribution is 5.89. The number of hydrogen-bond acceptors (Lipinski definition) is 3. The number of piperidine rings is 1. The lowest BCUT2D eigenvalue weighted by atomic mass is 9.97. The molecule has 1 amide bonds. The van der Waals surface area contributed by atoms with Crippen molar-refractivity contribution in [2.45, 2.75) is 69.6 Å². The van der Waals surface area contributed by atoms with Crippen molar-refractivity contribution < 1.29 is 4.79 Å².